The van der Waals surface area contributed by atoms with Gasteiger partial charge in [0.1, 0.15) is 0 Å². The van der Waals surface area contributed by atoms with Gasteiger partial charge < -0.3 is 10.1 Å². The summed E-state index contributed by atoms with van der Waals surface area (Å²) in [5.74, 6) is -0.527. The van der Waals surface area contributed by atoms with Crippen LogP contribution in [0.4, 0.5) is 0 Å². The highest BCUT2D eigenvalue weighted by atomic mass is 16.5. The van der Waals surface area contributed by atoms with Crippen LogP contribution >= 0.6 is 0 Å². The van der Waals surface area contributed by atoms with Crippen molar-refractivity contribution < 1.29 is 14.3 Å². The maximum atomic E-state index is 12.0. The number of hydrogen-bond acceptors (Lipinski definition) is 3. The van der Waals surface area contributed by atoms with Crippen molar-refractivity contribution in [3.8, 4) is 0 Å². The van der Waals surface area contributed by atoms with E-state index in [1.165, 1.54) is 6.42 Å². The van der Waals surface area contributed by atoms with Crippen LogP contribution < -0.4 is 5.32 Å². The largest absolute Gasteiger partial charge is 0.456 e. The quantitative estimate of drug-likeness (QED) is 0.819. The number of amides is 1. The Morgan fingerprint density at radius 3 is 2.43 bits per heavy atom. The zero-order valence-corrected chi connectivity index (χ0v) is 14.1. The Morgan fingerprint density at radius 2 is 1.78 bits per heavy atom. The van der Waals surface area contributed by atoms with Crippen molar-refractivity contribution in [1.29, 1.82) is 0 Å². The minimum Gasteiger partial charge on any atom is -0.456 e. The minimum absolute atomic E-state index is 0.180. The van der Waals surface area contributed by atoms with Crippen LogP contribution in [0.15, 0.2) is 30.3 Å². The molecule has 1 N–H and O–H groups in total. The van der Waals surface area contributed by atoms with Crippen LogP contribution in [0.2, 0.25) is 0 Å². The van der Waals surface area contributed by atoms with Gasteiger partial charge in [-0.3, -0.25) is 9.59 Å². The molecule has 2 rings (SSSR count). The van der Waals surface area contributed by atoms with Gasteiger partial charge in [-0.05, 0) is 18.4 Å². The van der Waals surface area contributed by atoms with Crippen LogP contribution in [0.1, 0.15) is 57.9 Å². The molecule has 4 nitrogen and oxygen atoms in total. The van der Waals surface area contributed by atoms with Crippen LogP contribution in [-0.2, 0) is 19.7 Å². The second kappa shape index (κ2) is 8.14. The lowest BCUT2D eigenvalue weighted by Crippen LogP contribution is -2.39. The van der Waals surface area contributed by atoms with E-state index in [2.05, 4.69) is 5.32 Å². The van der Waals surface area contributed by atoms with Crippen molar-refractivity contribution in [2.75, 3.05) is 6.61 Å². The first-order chi connectivity index (χ1) is 11.0. The molecular formula is C19H27NO3. The third-order valence-corrected chi connectivity index (χ3v) is 4.48. The van der Waals surface area contributed by atoms with Gasteiger partial charge in [-0.25, -0.2) is 0 Å². The molecule has 0 aromatic heterocycles. The summed E-state index contributed by atoms with van der Waals surface area (Å²) in [6, 6.07) is 10.1. The number of nitrogens with one attached hydrogen (secondary N) is 1. The van der Waals surface area contributed by atoms with Crippen molar-refractivity contribution >= 4 is 11.9 Å². The predicted molar refractivity (Wildman–Crippen MR) is 90.1 cm³/mol. The van der Waals surface area contributed by atoms with Gasteiger partial charge in [0.25, 0.3) is 5.91 Å². The molecule has 1 aromatic rings. The number of carbonyl (C=O) groups excluding carboxylic acids is 2. The number of rotatable bonds is 6. The monoisotopic (exact) mass is 317 g/mol. The zero-order valence-electron chi connectivity index (χ0n) is 14.1. The van der Waals surface area contributed by atoms with Gasteiger partial charge in [0, 0.05) is 11.5 Å². The van der Waals surface area contributed by atoms with E-state index in [1.807, 2.05) is 44.2 Å². The van der Waals surface area contributed by atoms with Crippen LogP contribution in [0, 0.1) is 0 Å². The van der Waals surface area contributed by atoms with Crippen LogP contribution in [0.25, 0.3) is 0 Å². The molecule has 0 unspecified atom stereocenters. The molecule has 0 bridgehead atoms. The van der Waals surface area contributed by atoms with Crippen LogP contribution in [0.3, 0.4) is 0 Å². The third-order valence-electron chi connectivity index (χ3n) is 4.48. The van der Waals surface area contributed by atoms with Gasteiger partial charge in [-0.2, -0.15) is 0 Å². The lowest BCUT2D eigenvalue weighted by molar-refractivity contribution is -0.149. The van der Waals surface area contributed by atoms with Crippen LogP contribution in [0.5, 0.6) is 0 Å². The first-order valence-corrected chi connectivity index (χ1v) is 8.48. The molecule has 4 heteroatoms. The lowest BCUT2D eigenvalue weighted by Gasteiger charge is -2.24. The highest BCUT2D eigenvalue weighted by Gasteiger charge is 2.25. The molecule has 0 atom stereocenters. The van der Waals surface area contributed by atoms with Crippen molar-refractivity contribution in [3.05, 3.63) is 35.9 Å². The molecular weight excluding hydrogens is 290 g/mol. The Kier molecular flexibility index (Phi) is 6.20. The molecule has 1 aliphatic carbocycles. The second-order valence-corrected chi connectivity index (χ2v) is 6.99. The Labute approximate surface area is 138 Å². The van der Waals surface area contributed by atoms with E-state index in [0.29, 0.717) is 0 Å². The highest BCUT2D eigenvalue weighted by molar-refractivity contribution is 5.81. The van der Waals surface area contributed by atoms with E-state index < -0.39 is 0 Å². The minimum atomic E-state index is -0.336. The molecule has 0 saturated heterocycles. The summed E-state index contributed by atoms with van der Waals surface area (Å²) in [4.78, 5) is 23.9. The van der Waals surface area contributed by atoms with Crippen molar-refractivity contribution in [2.45, 2.75) is 63.8 Å². The normalized spacial score (nSPS) is 15.9. The average Bonchev–Trinajstić information content (AvgIpc) is 2.54. The Morgan fingerprint density at radius 1 is 1.13 bits per heavy atom. The first-order valence-electron chi connectivity index (χ1n) is 8.48. The van der Waals surface area contributed by atoms with E-state index in [9.17, 15) is 9.59 Å². The lowest BCUT2D eigenvalue weighted by atomic mass is 9.82. The second-order valence-electron chi connectivity index (χ2n) is 6.99. The Hall–Kier alpha value is -1.84. The fourth-order valence-electron chi connectivity index (χ4n) is 3.07. The standard InChI is InChI=1S/C19H27NO3/c1-19(2,15-9-5-3-6-10-15)13-18(22)23-14-17(21)20-16-11-7-4-8-12-16/h3,5-6,9-10,16H,4,7-8,11-14H2,1-2H3,(H,20,21). The maximum Gasteiger partial charge on any atom is 0.307 e. The molecule has 0 heterocycles. The fourth-order valence-corrected chi connectivity index (χ4v) is 3.07. The van der Waals surface area contributed by atoms with Crippen molar-refractivity contribution in [3.63, 3.8) is 0 Å². The molecule has 0 radical (unpaired) electrons. The van der Waals surface area contributed by atoms with Crippen LogP contribution in [-0.4, -0.2) is 24.5 Å². The summed E-state index contributed by atoms with van der Waals surface area (Å²) in [5.41, 5.74) is 0.779. The Balaban J connectivity index is 1.75. The number of esters is 1. The van der Waals surface area contributed by atoms with Gasteiger partial charge in [0.2, 0.25) is 0 Å². The molecule has 23 heavy (non-hydrogen) atoms. The van der Waals surface area contributed by atoms with E-state index in [0.717, 1.165) is 31.2 Å². The molecule has 0 spiro atoms. The fraction of sp³-hybridized carbons (Fsp3) is 0.579. The van der Waals surface area contributed by atoms with Gasteiger partial charge in [-0.1, -0.05) is 63.4 Å². The number of ether oxygens (including phenoxy) is 1. The van der Waals surface area contributed by atoms with Gasteiger partial charge in [0.15, 0.2) is 6.61 Å². The van der Waals surface area contributed by atoms with E-state index in [4.69, 9.17) is 4.74 Å². The Bertz CT molecular complexity index is 519. The summed E-state index contributed by atoms with van der Waals surface area (Å²) in [6.45, 7) is 3.83. The van der Waals surface area contributed by atoms with E-state index >= 15 is 0 Å². The highest BCUT2D eigenvalue weighted by Crippen LogP contribution is 2.27. The first kappa shape index (κ1) is 17.5. The summed E-state index contributed by atoms with van der Waals surface area (Å²) in [5, 5.41) is 2.95. The summed E-state index contributed by atoms with van der Waals surface area (Å²) < 4.78 is 5.15. The molecule has 126 valence electrons. The smallest absolute Gasteiger partial charge is 0.307 e. The molecule has 1 fully saturated rings. The number of carbonyl (C=O) groups is 2. The van der Waals surface area contributed by atoms with E-state index in [1.54, 1.807) is 0 Å². The molecule has 1 aromatic carbocycles. The average molecular weight is 317 g/mol. The maximum absolute atomic E-state index is 12.0. The topological polar surface area (TPSA) is 55.4 Å². The molecule has 0 aliphatic heterocycles. The van der Waals surface area contributed by atoms with Crippen molar-refractivity contribution in [2.24, 2.45) is 0 Å². The van der Waals surface area contributed by atoms with E-state index in [-0.39, 0.29) is 36.4 Å². The summed E-state index contributed by atoms with van der Waals surface area (Å²) >= 11 is 0. The van der Waals surface area contributed by atoms with Gasteiger partial charge in [-0.15, -0.1) is 0 Å². The molecule has 1 aliphatic rings. The SMILES string of the molecule is CC(C)(CC(=O)OCC(=O)NC1CCCCC1)c1ccccc1. The van der Waals surface area contributed by atoms with Gasteiger partial charge >= 0.3 is 5.97 Å². The van der Waals surface area contributed by atoms with Crippen molar-refractivity contribution in [1.82, 2.24) is 5.32 Å². The number of benzene rings is 1. The predicted octanol–water partition coefficient (Wildman–Crippen LogP) is 3.35. The molecule has 1 amide bonds. The zero-order chi connectivity index (χ0) is 16.7. The third kappa shape index (κ3) is 5.70. The van der Waals surface area contributed by atoms with Gasteiger partial charge in [0.05, 0.1) is 6.42 Å². The summed E-state index contributed by atoms with van der Waals surface area (Å²) in [6.07, 6.45) is 5.89. The molecule has 1 saturated carbocycles. The summed E-state index contributed by atoms with van der Waals surface area (Å²) in [7, 11) is 0. The number of hydrogen-bond donors (Lipinski definition) is 1.